The molecule has 5 rings (SSSR count). The highest BCUT2D eigenvalue weighted by Gasteiger charge is 2.22. The number of thiazole rings is 1. The monoisotopic (exact) mass is 424 g/mol. The summed E-state index contributed by atoms with van der Waals surface area (Å²) in [5.74, 6) is -0.0300. The second-order valence-corrected chi connectivity index (χ2v) is 8.00. The minimum atomic E-state index is -0.0300. The maximum absolute atomic E-state index is 12.6. The highest BCUT2D eigenvalue weighted by Crippen LogP contribution is 2.27. The third-order valence-corrected chi connectivity index (χ3v) is 6.24. The highest BCUT2D eigenvalue weighted by molar-refractivity contribution is 7.21. The summed E-state index contributed by atoms with van der Waals surface area (Å²) in [5.41, 5.74) is 2.37. The summed E-state index contributed by atoms with van der Waals surface area (Å²) in [4.78, 5) is 31.0. The molecule has 1 aliphatic heterocycles. The molecular formula is C20H17ClN6OS. The zero-order valence-corrected chi connectivity index (χ0v) is 17.0. The van der Waals surface area contributed by atoms with Crippen LogP contribution in [0.4, 0.5) is 5.13 Å². The summed E-state index contributed by atoms with van der Waals surface area (Å²) in [6.45, 7) is 2.78. The molecule has 1 amide bonds. The van der Waals surface area contributed by atoms with E-state index < -0.39 is 0 Å². The molecule has 0 spiro atoms. The fraction of sp³-hybridized carbons (Fsp3) is 0.200. The first-order valence-electron chi connectivity index (χ1n) is 9.25. The minimum absolute atomic E-state index is 0.0300. The molecule has 0 saturated carbocycles. The molecule has 1 aliphatic rings. The summed E-state index contributed by atoms with van der Waals surface area (Å²) in [6, 6.07) is 9.55. The number of amides is 1. The molecule has 0 unspecified atom stereocenters. The van der Waals surface area contributed by atoms with Crippen molar-refractivity contribution in [2.75, 3.05) is 31.1 Å². The van der Waals surface area contributed by atoms with Gasteiger partial charge in [-0.25, -0.2) is 15.0 Å². The number of halogens is 1. The van der Waals surface area contributed by atoms with Gasteiger partial charge in [-0.15, -0.1) is 0 Å². The average Bonchev–Trinajstić information content (AvgIpc) is 3.32. The molecule has 5 heterocycles. The molecule has 7 nitrogen and oxygen atoms in total. The quantitative estimate of drug-likeness (QED) is 0.472. The standard InChI is InChI=1S/C20H17ClN6OS/c21-18-15(27-9-2-1-5-16(27)24-18)6-7-17(28)25-10-12-26(13-11-25)20-23-14-4-3-8-22-19(14)29-20/h1-9H,10-13H2/b7-6+. The fourth-order valence-corrected chi connectivity index (χ4v) is 4.60. The summed E-state index contributed by atoms with van der Waals surface area (Å²) in [5, 5.41) is 1.34. The first kappa shape index (κ1) is 18.1. The van der Waals surface area contributed by atoms with E-state index in [9.17, 15) is 4.79 Å². The SMILES string of the molecule is O=C(/C=C/c1c(Cl)nc2ccccn12)N1CCN(c2nc3cccnc3s2)CC1. The van der Waals surface area contributed by atoms with Crippen molar-refractivity contribution in [3.63, 3.8) is 0 Å². The number of nitrogens with zero attached hydrogens (tertiary/aromatic N) is 6. The lowest BCUT2D eigenvalue weighted by Crippen LogP contribution is -2.48. The first-order valence-corrected chi connectivity index (χ1v) is 10.4. The summed E-state index contributed by atoms with van der Waals surface area (Å²) < 4.78 is 1.87. The summed E-state index contributed by atoms with van der Waals surface area (Å²) >= 11 is 7.82. The Morgan fingerprint density at radius 2 is 1.97 bits per heavy atom. The lowest BCUT2D eigenvalue weighted by atomic mass is 10.3. The van der Waals surface area contributed by atoms with Gasteiger partial charge in [0.05, 0.1) is 5.69 Å². The molecule has 4 aromatic rings. The van der Waals surface area contributed by atoms with Crippen molar-refractivity contribution in [3.05, 3.63) is 59.6 Å². The van der Waals surface area contributed by atoms with Crippen LogP contribution in [0.1, 0.15) is 5.69 Å². The predicted molar refractivity (Wildman–Crippen MR) is 115 cm³/mol. The van der Waals surface area contributed by atoms with Gasteiger partial charge in [-0.05, 0) is 30.3 Å². The van der Waals surface area contributed by atoms with Crippen LogP contribution in [0.5, 0.6) is 0 Å². The van der Waals surface area contributed by atoms with Crippen LogP contribution in [0.25, 0.3) is 22.1 Å². The number of aromatic nitrogens is 4. The second kappa shape index (κ2) is 7.46. The molecule has 1 fully saturated rings. The molecule has 0 radical (unpaired) electrons. The van der Waals surface area contributed by atoms with Gasteiger partial charge in [0.15, 0.2) is 10.3 Å². The van der Waals surface area contributed by atoms with Crippen molar-refractivity contribution in [2.45, 2.75) is 0 Å². The molecule has 0 bridgehead atoms. The topological polar surface area (TPSA) is 66.6 Å². The van der Waals surface area contributed by atoms with E-state index in [4.69, 9.17) is 11.6 Å². The van der Waals surface area contributed by atoms with E-state index in [1.54, 1.807) is 29.7 Å². The Morgan fingerprint density at radius 1 is 1.10 bits per heavy atom. The molecule has 0 aliphatic carbocycles. The van der Waals surface area contributed by atoms with Crippen LogP contribution in [0, 0.1) is 0 Å². The Kier molecular flexibility index (Phi) is 4.65. The van der Waals surface area contributed by atoms with Gasteiger partial charge in [-0.3, -0.25) is 9.20 Å². The van der Waals surface area contributed by atoms with Crippen LogP contribution >= 0.6 is 22.9 Å². The van der Waals surface area contributed by atoms with Crippen LogP contribution in [0.3, 0.4) is 0 Å². The van der Waals surface area contributed by atoms with Crippen molar-refractivity contribution in [2.24, 2.45) is 0 Å². The normalized spacial score (nSPS) is 15.1. The molecule has 29 heavy (non-hydrogen) atoms. The molecule has 146 valence electrons. The molecule has 9 heteroatoms. The number of fused-ring (bicyclic) bond motifs is 2. The second-order valence-electron chi connectivity index (χ2n) is 6.69. The Hall–Kier alpha value is -2.97. The summed E-state index contributed by atoms with van der Waals surface area (Å²) in [7, 11) is 0. The Labute approximate surface area is 175 Å². The van der Waals surface area contributed by atoms with E-state index in [1.807, 2.05) is 45.8 Å². The van der Waals surface area contributed by atoms with Gasteiger partial charge < -0.3 is 9.80 Å². The predicted octanol–water partition coefficient (Wildman–Crippen LogP) is 3.35. The molecule has 0 N–H and O–H groups in total. The smallest absolute Gasteiger partial charge is 0.246 e. The average molecular weight is 425 g/mol. The van der Waals surface area contributed by atoms with Gasteiger partial charge in [-0.2, -0.15) is 0 Å². The van der Waals surface area contributed by atoms with Gasteiger partial charge in [0, 0.05) is 44.6 Å². The lowest BCUT2D eigenvalue weighted by Gasteiger charge is -2.34. The number of carbonyl (C=O) groups excluding carboxylic acids is 1. The molecular weight excluding hydrogens is 408 g/mol. The van der Waals surface area contributed by atoms with Crippen molar-refractivity contribution >= 4 is 56.0 Å². The van der Waals surface area contributed by atoms with E-state index in [0.29, 0.717) is 23.9 Å². The third-order valence-electron chi connectivity index (χ3n) is 4.92. The van der Waals surface area contributed by atoms with Crippen LogP contribution < -0.4 is 4.90 Å². The first-order chi connectivity index (χ1) is 14.2. The molecule has 0 aromatic carbocycles. The Morgan fingerprint density at radius 3 is 2.79 bits per heavy atom. The molecule has 4 aromatic heterocycles. The van der Waals surface area contributed by atoms with Gasteiger partial charge in [0.25, 0.3) is 0 Å². The Bertz CT molecular complexity index is 1190. The van der Waals surface area contributed by atoms with Crippen molar-refractivity contribution in [1.82, 2.24) is 24.3 Å². The number of hydrogen-bond donors (Lipinski definition) is 0. The zero-order valence-electron chi connectivity index (χ0n) is 15.4. The minimum Gasteiger partial charge on any atom is -0.344 e. The summed E-state index contributed by atoms with van der Waals surface area (Å²) in [6.07, 6.45) is 6.96. The van der Waals surface area contributed by atoms with Crippen LogP contribution in [-0.2, 0) is 4.79 Å². The zero-order chi connectivity index (χ0) is 19.8. The fourth-order valence-electron chi connectivity index (χ4n) is 3.40. The highest BCUT2D eigenvalue weighted by atomic mass is 35.5. The van der Waals surface area contributed by atoms with Crippen LogP contribution in [0.2, 0.25) is 5.15 Å². The van der Waals surface area contributed by atoms with E-state index in [0.717, 1.165) is 34.2 Å². The third kappa shape index (κ3) is 3.45. The number of carbonyl (C=O) groups is 1. The lowest BCUT2D eigenvalue weighted by molar-refractivity contribution is -0.126. The van der Waals surface area contributed by atoms with Crippen LogP contribution in [0.15, 0.2) is 48.8 Å². The van der Waals surface area contributed by atoms with Gasteiger partial charge >= 0.3 is 0 Å². The number of pyridine rings is 2. The van der Waals surface area contributed by atoms with E-state index in [2.05, 4.69) is 19.9 Å². The number of anilines is 1. The Balaban J connectivity index is 1.26. The number of rotatable bonds is 3. The maximum atomic E-state index is 12.6. The van der Waals surface area contributed by atoms with Crippen molar-refractivity contribution < 1.29 is 4.79 Å². The van der Waals surface area contributed by atoms with E-state index in [-0.39, 0.29) is 5.91 Å². The van der Waals surface area contributed by atoms with E-state index in [1.165, 1.54) is 0 Å². The molecule has 0 atom stereocenters. The van der Waals surface area contributed by atoms with Crippen molar-refractivity contribution in [3.8, 4) is 0 Å². The largest absolute Gasteiger partial charge is 0.344 e. The van der Waals surface area contributed by atoms with Gasteiger partial charge in [0.1, 0.15) is 16.0 Å². The number of piperazine rings is 1. The van der Waals surface area contributed by atoms with Crippen LogP contribution in [-0.4, -0.2) is 56.3 Å². The number of hydrogen-bond acceptors (Lipinski definition) is 6. The van der Waals surface area contributed by atoms with Gasteiger partial charge in [0.2, 0.25) is 5.91 Å². The number of imidazole rings is 1. The van der Waals surface area contributed by atoms with Crippen molar-refractivity contribution in [1.29, 1.82) is 0 Å². The van der Waals surface area contributed by atoms with Gasteiger partial charge in [-0.1, -0.05) is 29.0 Å². The maximum Gasteiger partial charge on any atom is 0.246 e. The molecule has 1 saturated heterocycles. The van der Waals surface area contributed by atoms with E-state index >= 15 is 0 Å².